The predicted molar refractivity (Wildman–Crippen MR) is 98.9 cm³/mol. The molecule has 0 heterocycles. The Morgan fingerprint density at radius 1 is 0.792 bits per heavy atom. The number of aliphatic carboxylic acids is 1. The van der Waals surface area contributed by atoms with Gasteiger partial charge in [-0.3, -0.25) is 4.79 Å². The fraction of sp³-hybridized carbons (Fsp3) is 0.650. The fourth-order valence-corrected chi connectivity index (χ4v) is 2.30. The number of hydrogen-bond donors (Lipinski definition) is 3. The summed E-state index contributed by atoms with van der Waals surface area (Å²) in [6, 6.07) is 0. The Kier molecular flexibility index (Phi) is 15.5. The van der Waals surface area contributed by atoms with Crippen molar-refractivity contribution < 1.29 is 20.1 Å². The molecule has 0 aliphatic heterocycles. The Hall–Kier alpha value is -1.39. The molecule has 0 aromatic carbocycles. The third kappa shape index (κ3) is 17.0. The molecule has 0 amide bonds. The molecule has 138 valence electrons. The second-order valence-corrected chi connectivity index (χ2v) is 6.13. The van der Waals surface area contributed by atoms with E-state index in [9.17, 15) is 15.0 Å². The van der Waals surface area contributed by atoms with Gasteiger partial charge >= 0.3 is 5.97 Å². The van der Waals surface area contributed by atoms with Crippen LogP contribution in [-0.2, 0) is 4.79 Å². The summed E-state index contributed by atoms with van der Waals surface area (Å²) in [6.07, 6.45) is 18.7. The predicted octanol–water partition coefficient (Wildman–Crippen LogP) is 4.38. The fourth-order valence-electron chi connectivity index (χ4n) is 2.30. The van der Waals surface area contributed by atoms with Crippen molar-refractivity contribution in [3.8, 4) is 0 Å². The molecule has 0 bridgehead atoms. The molecule has 0 aromatic rings. The molecule has 0 spiro atoms. The van der Waals surface area contributed by atoms with Gasteiger partial charge in [-0.2, -0.15) is 0 Å². The molecule has 4 nitrogen and oxygen atoms in total. The van der Waals surface area contributed by atoms with E-state index in [0.29, 0.717) is 12.8 Å². The molecule has 0 saturated carbocycles. The van der Waals surface area contributed by atoms with Crippen LogP contribution in [0.3, 0.4) is 0 Å². The van der Waals surface area contributed by atoms with Crippen LogP contribution in [0, 0.1) is 0 Å². The first-order valence-electron chi connectivity index (χ1n) is 9.15. The number of aliphatic hydroxyl groups is 2. The van der Waals surface area contributed by atoms with Gasteiger partial charge in [0.1, 0.15) is 0 Å². The van der Waals surface area contributed by atoms with Gasteiger partial charge in [0.2, 0.25) is 0 Å². The van der Waals surface area contributed by atoms with Gasteiger partial charge in [-0.15, -0.1) is 0 Å². The number of hydrogen-bond acceptors (Lipinski definition) is 3. The summed E-state index contributed by atoms with van der Waals surface area (Å²) in [4.78, 5) is 10.4. The van der Waals surface area contributed by atoms with Gasteiger partial charge in [-0.1, -0.05) is 81.9 Å². The van der Waals surface area contributed by atoms with Gasteiger partial charge in [0.15, 0.2) is 0 Å². The van der Waals surface area contributed by atoms with E-state index < -0.39 is 18.2 Å². The molecule has 0 aliphatic rings. The zero-order valence-corrected chi connectivity index (χ0v) is 14.9. The van der Waals surface area contributed by atoms with Gasteiger partial charge in [0.05, 0.1) is 12.2 Å². The lowest BCUT2D eigenvalue weighted by Gasteiger charge is -2.04. The van der Waals surface area contributed by atoms with Gasteiger partial charge < -0.3 is 15.3 Å². The molecule has 0 aromatic heterocycles. The number of carboxylic acids is 1. The Morgan fingerprint density at radius 2 is 1.29 bits per heavy atom. The van der Waals surface area contributed by atoms with Gasteiger partial charge in [0.25, 0.3) is 0 Å². The zero-order chi connectivity index (χ0) is 18.0. The first-order chi connectivity index (χ1) is 11.6. The van der Waals surface area contributed by atoms with Gasteiger partial charge in [-0.25, -0.2) is 0 Å². The van der Waals surface area contributed by atoms with Crippen LogP contribution >= 0.6 is 0 Å². The number of aliphatic hydroxyl groups excluding tert-OH is 2. The maximum atomic E-state index is 10.4. The van der Waals surface area contributed by atoms with E-state index in [4.69, 9.17) is 5.11 Å². The summed E-state index contributed by atoms with van der Waals surface area (Å²) < 4.78 is 0. The Bertz CT molecular complexity index is 385. The van der Waals surface area contributed by atoms with Crippen molar-refractivity contribution >= 4 is 5.97 Å². The number of rotatable bonds is 15. The summed E-state index contributed by atoms with van der Waals surface area (Å²) in [5, 5.41) is 27.9. The summed E-state index contributed by atoms with van der Waals surface area (Å²) in [5.74, 6) is -0.837. The van der Waals surface area contributed by atoms with Crippen molar-refractivity contribution in [2.75, 3.05) is 0 Å². The SMILES string of the molecule is CCCCCCCCC(O)C=CC=CC=CC(O)CCCC(=O)O. The number of carboxylic acid groups (broad SMARTS) is 1. The molecule has 2 unspecified atom stereocenters. The zero-order valence-electron chi connectivity index (χ0n) is 14.9. The third-order valence-electron chi connectivity index (χ3n) is 3.74. The molecule has 4 heteroatoms. The minimum atomic E-state index is -0.837. The van der Waals surface area contributed by atoms with E-state index in [1.807, 2.05) is 12.2 Å². The average Bonchev–Trinajstić information content (AvgIpc) is 2.53. The Balaban J connectivity index is 3.70. The molecular weight excluding hydrogens is 304 g/mol. The van der Waals surface area contributed by atoms with Gasteiger partial charge in [-0.05, 0) is 19.3 Å². The smallest absolute Gasteiger partial charge is 0.303 e. The minimum Gasteiger partial charge on any atom is -0.481 e. The third-order valence-corrected chi connectivity index (χ3v) is 3.74. The summed E-state index contributed by atoms with van der Waals surface area (Å²) in [5.41, 5.74) is 0. The maximum Gasteiger partial charge on any atom is 0.303 e. The van der Waals surface area contributed by atoms with E-state index in [0.717, 1.165) is 12.8 Å². The first kappa shape index (κ1) is 22.6. The second-order valence-electron chi connectivity index (χ2n) is 6.13. The van der Waals surface area contributed by atoms with Crippen LogP contribution in [0.15, 0.2) is 36.5 Å². The number of unbranched alkanes of at least 4 members (excludes halogenated alkanes) is 5. The molecule has 24 heavy (non-hydrogen) atoms. The highest BCUT2D eigenvalue weighted by Gasteiger charge is 2.01. The lowest BCUT2D eigenvalue weighted by molar-refractivity contribution is -0.137. The Morgan fingerprint density at radius 3 is 1.83 bits per heavy atom. The van der Waals surface area contributed by atoms with Gasteiger partial charge in [0, 0.05) is 6.42 Å². The summed E-state index contributed by atoms with van der Waals surface area (Å²) in [7, 11) is 0. The van der Waals surface area contributed by atoms with Crippen LogP contribution in [0.5, 0.6) is 0 Å². The number of allylic oxidation sites excluding steroid dienone is 4. The largest absolute Gasteiger partial charge is 0.481 e. The summed E-state index contributed by atoms with van der Waals surface area (Å²) >= 11 is 0. The molecule has 0 radical (unpaired) electrons. The topological polar surface area (TPSA) is 77.8 Å². The number of carbonyl (C=O) groups is 1. The van der Waals surface area contributed by atoms with Crippen molar-refractivity contribution in [3.63, 3.8) is 0 Å². The quantitative estimate of drug-likeness (QED) is 0.306. The van der Waals surface area contributed by atoms with E-state index in [1.165, 1.54) is 32.1 Å². The normalized spacial score (nSPS) is 14.8. The van der Waals surface area contributed by atoms with E-state index in [1.54, 1.807) is 24.3 Å². The lowest BCUT2D eigenvalue weighted by Crippen LogP contribution is -2.03. The van der Waals surface area contributed by atoms with Crippen molar-refractivity contribution in [2.45, 2.75) is 83.3 Å². The standard InChI is InChI=1S/C20H34O4/c1-2-3-4-5-6-9-13-18(21)14-10-7-8-11-15-19(22)16-12-17-20(23)24/h7-8,10-11,14-15,18-19,21-22H,2-6,9,12-13,16-17H2,1H3,(H,23,24). The van der Waals surface area contributed by atoms with E-state index in [-0.39, 0.29) is 6.42 Å². The van der Waals surface area contributed by atoms with Crippen LogP contribution in [0.1, 0.15) is 71.1 Å². The molecule has 0 rings (SSSR count). The molecule has 2 atom stereocenters. The average molecular weight is 338 g/mol. The van der Waals surface area contributed by atoms with Crippen LogP contribution in [0.2, 0.25) is 0 Å². The molecule has 0 fully saturated rings. The molecular formula is C20H34O4. The summed E-state index contributed by atoms with van der Waals surface area (Å²) in [6.45, 7) is 2.21. The molecule has 0 aliphatic carbocycles. The van der Waals surface area contributed by atoms with E-state index >= 15 is 0 Å². The van der Waals surface area contributed by atoms with Crippen LogP contribution in [0.4, 0.5) is 0 Å². The molecule has 0 saturated heterocycles. The highest BCUT2D eigenvalue weighted by Crippen LogP contribution is 2.09. The maximum absolute atomic E-state index is 10.4. The van der Waals surface area contributed by atoms with Crippen molar-refractivity contribution in [3.05, 3.63) is 36.5 Å². The molecule has 3 N–H and O–H groups in total. The van der Waals surface area contributed by atoms with E-state index in [2.05, 4.69) is 6.92 Å². The Labute approximate surface area is 146 Å². The van der Waals surface area contributed by atoms with Crippen molar-refractivity contribution in [1.29, 1.82) is 0 Å². The van der Waals surface area contributed by atoms with Crippen LogP contribution in [0.25, 0.3) is 0 Å². The highest BCUT2D eigenvalue weighted by molar-refractivity contribution is 5.66. The monoisotopic (exact) mass is 338 g/mol. The highest BCUT2D eigenvalue weighted by atomic mass is 16.4. The minimum absolute atomic E-state index is 0.0833. The van der Waals surface area contributed by atoms with Crippen molar-refractivity contribution in [1.82, 2.24) is 0 Å². The van der Waals surface area contributed by atoms with Crippen molar-refractivity contribution in [2.24, 2.45) is 0 Å². The first-order valence-corrected chi connectivity index (χ1v) is 9.15. The lowest BCUT2D eigenvalue weighted by atomic mass is 10.1. The second kappa shape index (κ2) is 16.5. The van der Waals surface area contributed by atoms with Crippen LogP contribution in [-0.4, -0.2) is 33.5 Å². The van der Waals surface area contributed by atoms with Crippen LogP contribution < -0.4 is 0 Å².